The van der Waals surface area contributed by atoms with Gasteiger partial charge in [-0.3, -0.25) is 4.79 Å². The quantitative estimate of drug-likeness (QED) is 0.460. The molecule has 1 aliphatic rings. The van der Waals surface area contributed by atoms with Gasteiger partial charge in [-0.2, -0.15) is 9.78 Å². The third-order valence-corrected chi connectivity index (χ3v) is 7.19. The average molecular weight is 461 g/mol. The van der Waals surface area contributed by atoms with Crippen molar-refractivity contribution in [2.45, 2.75) is 19.9 Å². The van der Waals surface area contributed by atoms with Crippen molar-refractivity contribution in [2.75, 3.05) is 48.4 Å². The molecule has 0 saturated carbocycles. The Labute approximate surface area is 197 Å². The van der Waals surface area contributed by atoms with E-state index in [0.717, 1.165) is 35.5 Å². The lowest BCUT2D eigenvalue weighted by Crippen LogP contribution is -2.52. The number of aryl methyl sites for hydroxylation is 1. The summed E-state index contributed by atoms with van der Waals surface area (Å²) in [4.78, 5) is 24.8. The molecular weight excluding hydrogens is 432 g/mol. The molecule has 0 spiro atoms. The molecule has 0 aliphatic carbocycles. The smallest absolute Gasteiger partial charge is 0.299 e. The van der Waals surface area contributed by atoms with E-state index in [1.807, 2.05) is 49.5 Å². The van der Waals surface area contributed by atoms with Gasteiger partial charge in [0.05, 0.1) is 22.1 Å². The van der Waals surface area contributed by atoms with E-state index in [0.29, 0.717) is 16.9 Å². The summed E-state index contributed by atoms with van der Waals surface area (Å²) in [5, 5.41) is 5.14. The molecule has 0 radical (unpaired) electrons. The highest BCUT2D eigenvalue weighted by atomic mass is 32.1. The fourth-order valence-electron chi connectivity index (χ4n) is 4.47. The summed E-state index contributed by atoms with van der Waals surface area (Å²) in [6, 6.07) is 16.9. The Hall–Kier alpha value is -3.39. The van der Waals surface area contributed by atoms with Crippen LogP contribution in [0.25, 0.3) is 15.3 Å². The zero-order valence-corrected chi connectivity index (χ0v) is 20.2. The van der Waals surface area contributed by atoms with Crippen LogP contribution in [0.15, 0.2) is 59.5 Å². The van der Waals surface area contributed by atoms with Crippen molar-refractivity contribution in [2.24, 2.45) is 0 Å². The van der Waals surface area contributed by atoms with E-state index in [2.05, 4.69) is 58.0 Å². The normalized spacial score (nSPS) is 16.4. The van der Waals surface area contributed by atoms with Gasteiger partial charge in [0.25, 0.3) is 5.56 Å². The minimum Gasteiger partial charge on any atom is -0.371 e. The Morgan fingerprint density at radius 2 is 1.82 bits per heavy atom. The highest BCUT2D eigenvalue weighted by Gasteiger charge is 2.28. The predicted molar refractivity (Wildman–Crippen MR) is 138 cm³/mol. The van der Waals surface area contributed by atoms with Crippen molar-refractivity contribution in [3.8, 4) is 5.13 Å². The number of nitrogens with zero attached hydrogens (tertiary/aromatic N) is 6. The Morgan fingerprint density at radius 1 is 1.06 bits per heavy atom. The van der Waals surface area contributed by atoms with Gasteiger partial charge in [0.15, 0.2) is 0 Å². The van der Waals surface area contributed by atoms with Crippen LogP contribution >= 0.6 is 11.3 Å². The molecule has 170 valence electrons. The van der Waals surface area contributed by atoms with E-state index in [-0.39, 0.29) is 5.56 Å². The maximum absolute atomic E-state index is 13.5. The van der Waals surface area contributed by atoms with E-state index >= 15 is 0 Å². The third-order valence-electron chi connectivity index (χ3n) is 6.18. The number of fused-ring (bicyclic) bond motifs is 1. The highest BCUT2D eigenvalue weighted by molar-refractivity contribution is 7.20. The van der Waals surface area contributed by atoms with Gasteiger partial charge in [0, 0.05) is 45.5 Å². The number of rotatable bonds is 4. The van der Waals surface area contributed by atoms with Gasteiger partial charge in [-0.25, -0.2) is 4.98 Å². The van der Waals surface area contributed by atoms with Crippen LogP contribution in [0.1, 0.15) is 12.5 Å². The number of thiazole rings is 1. The monoisotopic (exact) mass is 460 g/mol. The van der Waals surface area contributed by atoms with Crippen molar-refractivity contribution in [1.82, 2.24) is 14.8 Å². The molecular formula is C25H28N6OS. The van der Waals surface area contributed by atoms with Crippen molar-refractivity contribution in [1.29, 1.82) is 0 Å². The molecule has 1 atom stereocenters. The SMILES string of the molecule is Cc1ccc(N2CCN(c3cnn(-c4nc5ccccc5s4)c(=O)c3N(C)C)CC2C)cc1. The maximum atomic E-state index is 13.5. The molecule has 7 nitrogen and oxygen atoms in total. The number of benzene rings is 2. The lowest BCUT2D eigenvalue weighted by atomic mass is 10.1. The van der Waals surface area contributed by atoms with Crippen molar-refractivity contribution < 1.29 is 0 Å². The summed E-state index contributed by atoms with van der Waals surface area (Å²) in [5.41, 5.74) is 4.75. The summed E-state index contributed by atoms with van der Waals surface area (Å²) in [7, 11) is 3.82. The second kappa shape index (κ2) is 8.51. The molecule has 0 amide bonds. The Morgan fingerprint density at radius 3 is 2.52 bits per heavy atom. The number of hydrogen-bond acceptors (Lipinski definition) is 7. The molecule has 1 unspecified atom stereocenters. The Balaban J connectivity index is 1.47. The van der Waals surface area contributed by atoms with Crippen molar-refractivity contribution >= 4 is 38.6 Å². The standard InChI is InChI=1S/C25H28N6OS/c1-17-9-11-19(12-10-17)30-14-13-29(16-18(30)2)21-15-26-31(24(32)23(21)28(3)4)25-27-20-7-5-6-8-22(20)33-25/h5-12,15,18H,13-14,16H2,1-4H3. The van der Waals surface area contributed by atoms with Gasteiger partial charge in [-0.15, -0.1) is 0 Å². The first-order valence-electron chi connectivity index (χ1n) is 11.2. The summed E-state index contributed by atoms with van der Waals surface area (Å²) in [6.07, 6.45) is 1.82. The fourth-order valence-corrected chi connectivity index (χ4v) is 5.39. The number of hydrogen-bond donors (Lipinski definition) is 0. The van der Waals surface area contributed by atoms with Gasteiger partial charge in [-0.05, 0) is 38.1 Å². The second-order valence-electron chi connectivity index (χ2n) is 8.78. The Bertz CT molecular complexity index is 1310. The Kier molecular flexibility index (Phi) is 5.54. The zero-order chi connectivity index (χ0) is 23.1. The lowest BCUT2D eigenvalue weighted by molar-refractivity contribution is 0.549. The van der Waals surface area contributed by atoms with Crippen LogP contribution in [0.3, 0.4) is 0 Å². The molecule has 4 aromatic rings. The minimum atomic E-state index is -0.148. The predicted octanol–water partition coefficient (Wildman–Crippen LogP) is 3.93. The first kappa shape index (κ1) is 21.5. The molecule has 1 fully saturated rings. The van der Waals surface area contributed by atoms with Gasteiger partial charge in [-0.1, -0.05) is 41.2 Å². The van der Waals surface area contributed by atoms with Crippen LogP contribution < -0.4 is 20.3 Å². The first-order chi connectivity index (χ1) is 15.9. The minimum absolute atomic E-state index is 0.148. The van der Waals surface area contributed by atoms with Crippen molar-refractivity contribution in [3.63, 3.8) is 0 Å². The summed E-state index contributed by atoms with van der Waals surface area (Å²) in [5.74, 6) is 0. The molecule has 5 rings (SSSR count). The van der Waals surface area contributed by atoms with E-state index in [9.17, 15) is 4.79 Å². The highest BCUT2D eigenvalue weighted by Crippen LogP contribution is 2.30. The van der Waals surface area contributed by atoms with Crippen LogP contribution in [0.5, 0.6) is 0 Å². The van der Waals surface area contributed by atoms with E-state index in [1.54, 1.807) is 0 Å². The topological polar surface area (TPSA) is 57.5 Å². The molecule has 8 heteroatoms. The van der Waals surface area contributed by atoms with Crippen LogP contribution in [0.2, 0.25) is 0 Å². The average Bonchev–Trinajstić information content (AvgIpc) is 3.23. The molecule has 0 bridgehead atoms. The summed E-state index contributed by atoms with van der Waals surface area (Å²) < 4.78 is 2.47. The summed E-state index contributed by atoms with van der Waals surface area (Å²) >= 11 is 1.48. The van der Waals surface area contributed by atoms with Crippen LogP contribution in [0, 0.1) is 6.92 Å². The van der Waals surface area contributed by atoms with Crippen molar-refractivity contribution in [3.05, 3.63) is 70.6 Å². The maximum Gasteiger partial charge on any atom is 0.299 e. The van der Waals surface area contributed by atoms with Gasteiger partial charge >= 0.3 is 0 Å². The van der Waals surface area contributed by atoms with Crippen LogP contribution in [0.4, 0.5) is 17.1 Å². The largest absolute Gasteiger partial charge is 0.371 e. The third kappa shape index (κ3) is 3.95. The van der Waals surface area contributed by atoms with Crippen LogP contribution in [-0.2, 0) is 0 Å². The first-order valence-corrected chi connectivity index (χ1v) is 12.0. The molecule has 1 saturated heterocycles. The fraction of sp³-hybridized carbons (Fsp3) is 0.320. The van der Waals surface area contributed by atoms with Crippen LogP contribution in [-0.4, -0.2) is 54.5 Å². The zero-order valence-electron chi connectivity index (χ0n) is 19.4. The molecule has 0 N–H and O–H groups in total. The van der Waals surface area contributed by atoms with Gasteiger partial charge in [0.2, 0.25) is 5.13 Å². The van der Waals surface area contributed by atoms with E-state index < -0.39 is 0 Å². The molecule has 2 aromatic heterocycles. The summed E-state index contributed by atoms with van der Waals surface area (Å²) in [6.45, 7) is 6.87. The number of para-hydroxylation sites is 1. The van der Waals surface area contributed by atoms with Gasteiger partial charge in [0.1, 0.15) is 5.69 Å². The van der Waals surface area contributed by atoms with Gasteiger partial charge < -0.3 is 14.7 Å². The molecule has 2 aromatic carbocycles. The molecule has 1 aliphatic heterocycles. The number of aromatic nitrogens is 3. The molecule has 33 heavy (non-hydrogen) atoms. The number of piperazine rings is 1. The second-order valence-corrected chi connectivity index (χ2v) is 9.79. The van der Waals surface area contributed by atoms with E-state index in [4.69, 9.17) is 0 Å². The van der Waals surface area contributed by atoms with E-state index in [1.165, 1.54) is 27.3 Å². The lowest BCUT2D eigenvalue weighted by Gasteiger charge is -2.43. The molecule has 3 heterocycles. The number of anilines is 3.